The molecule has 1 N–H and O–H groups in total. The van der Waals surface area contributed by atoms with E-state index in [0.29, 0.717) is 17.2 Å². The van der Waals surface area contributed by atoms with Crippen molar-refractivity contribution < 1.29 is 19.2 Å². The number of nitro benzene ring substituents is 1. The Morgan fingerprint density at radius 3 is 2.32 bits per heavy atom. The molecule has 156 valence electrons. The van der Waals surface area contributed by atoms with E-state index in [9.17, 15) is 19.7 Å². The maximum Gasteiger partial charge on any atom is 0.282 e. The first kappa shape index (κ1) is 20.1. The van der Waals surface area contributed by atoms with E-state index in [1.165, 1.54) is 18.2 Å². The average molecular weight is 417 g/mol. The smallest absolute Gasteiger partial charge is 0.282 e. The number of nitro groups is 1. The van der Waals surface area contributed by atoms with E-state index < -0.39 is 16.9 Å². The van der Waals surface area contributed by atoms with Crippen LogP contribution in [0.25, 0.3) is 0 Å². The zero-order chi connectivity index (χ0) is 21.8. The number of para-hydroxylation sites is 2. The first-order chi connectivity index (χ1) is 15.0. The highest BCUT2D eigenvalue weighted by Gasteiger charge is 2.32. The topological polar surface area (TPSA) is 102 Å². The molecule has 1 heterocycles. The van der Waals surface area contributed by atoms with Gasteiger partial charge in [0.2, 0.25) is 5.91 Å². The lowest BCUT2D eigenvalue weighted by Gasteiger charge is -2.18. The summed E-state index contributed by atoms with van der Waals surface area (Å²) in [5.41, 5.74) is 0.392. The van der Waals surface area contributed by atoms with Crippen LogP contribution in [0.1, 0.15) is 16.8 Å². The molecule has 1 aliphatic heterocycles. The van der Waals surface area contributed by atoms with Crippen LogP contribution in [0, 0.1) is 10.1 Å². The predicted octanol–water partition coefficient (Wildman–Crippen LogP) is 3.92. The van der Waals surface area contributed by atoms with Gasteiger partial charge in [0.15, 0.2) is 0 Å². The molecular formula is C23H19N3O5. The molecule has 1 aliphatic rings. The third-order valence-corrected chi connectivity index (χ3v) is 4.93. The van der Waals surface area contributed by atoms with E-state index in [4.69, 9.17) is 4.74 Å². The largest absolute Gasteiger partial charge is 0.457 e. The molecular weight excluding hydrogens is 398 g/mol. The number of rotatable bonds is 6. The Kier molecular flexibility index (Phi) is 5.61. The number of anilines is 1. The molecule has 0 bridgehead atoms. The third-order valence-electron chi connectivity index (χ3n) is 4.93. The van der Waals surface area contributed by atoms with E-state index in [-0.39, 0.29) is 30.1 Å². The maximum atomic E-state index is 12.5. The fourth-order valence-electron chi connectivity index (χ4n) is 3.46. The number of amides is 2. The van der Waals surface area contributed by atoms with Gasteiger partial charge in [-0.3, -0.25) is 19.7 Å². The van der Waals surface area contributed by atoms with Gasteiger partial charge < -0.3 is 15.0 Å². The van der Waals surface area contributed by atoms with Crippen LogP contribution in [0.2, 0.25) is 0 Å². The molecule has 3 aromatic rings. The van der Waals surface area contributed by atoms with Gasteiger partial charge in [-0.2, -0.15) is 0 Å². The standard InChI is InChI=1S/C23H19N3O5/c27-22-14-16(24-23(28)20-8-4-5-9-21(20)26(29)30)15-25(22)17-10-12-19(13-11-17)31-18-6-2-1-3-7-18/h1-13,16H,14-15H2,(H,24,28). The summed E-state index contributed by atoms with van der Waals surface area (Å²) >= 11 is 0. The van der Waals surface area contributed by atoms with Crippen LogP contribution >= 0.6 is 0 Å². The van der Waals surface area contributed by atoms with Crippen molar-refractivity contribution in [2.24, 2.45) is 0 Å². The van der Waals surface area contributed by atoms with Crippen LogP contribution in [0.15, 0.2) is 78.9 Å². The SMILES string of the molecule is O=C(NC1CC(=O)N(c2ccc(Oc3ccccc3)cc2)C1)c1ccccc1[N+](=O)[O-]. The molecule has 0 spiro atoms. The molecule has 0 radical (unpaired) electrons. The lowest BCUT2D eigenvalue weighted by Crippen LogP contribution is -2.37. The minimum absolute atomic E-state index is 0.0270. The number of benzene rings is 3. The summed E-state index contributed by atoms with van der Waals surface area (Å²) in [5.74, 6) is 0.649. The lowest BCUT2D eigenvalue weighted by atomic mass is 10.1. The average Bonchev–Trinajstić information content (AvgIpc) is 3.14. The van der Waals surface area contributed by atoms with E-state index in [1.807, 2.05) is 30.3 Å². The number of nitrogens with one attached hydrogen (secondary N) is 1. The summed E-state index contributed by atoms with van der Waals surface area (Å²) in [7, 11) is 0. The molecule has 1 fully saturated rings. The Hall–Kier alpha value is -4.20. The number of nitrogens with zero attached hydrogens (tertiary/aromatic N) is 2. The summed E-state index contributed by atoms with van der Waals surface area (Å²) in [5, 5.41) is 13.9. The van der Waals surface area contributed by atoms with Gasteiger partial charge in [-0.05, 0) is 42.5 Å². The van der Waals surface area contributed by atoms with Crippen molar-refractivity contribution in [3.63, 3.8) is 0 Å². The second kappa shape index (κ2) is 8.66. The first-order valence-electron chi connectivity index (χ1n) is 9.69. The Morgan fingerprint density at radius 1 is 0.968 bits per heavy atom. The number of hydrogen-bond donors (Lipinski definition) is 1. The number of carbonyl (C=O) groups excluding carboxylic acids is 2. The minimum atomic E-state index is -0.597. The number of hydrogen-bond acceptors (Lipinski definition) is 5. The van der Waals surface area contributed by atoms with Gasteiger partial charge in [-0.15, -0.1) is 0 Å². The van der Waals surface area contributed by atoms with Crippen LogP contribution in [0.4, 0.5) is 11.4 Å². The fraction of sp³-hybridized carbons (Fsp3) is 0.130. The molecule has 2 amide bonds. The van der Waals surface area contributed by atoms with Gasteiger partial charge >= 0.3 is 0 Å². The molecule has 8 nitrogen and oxygen atoms in total. The molecule has 1 saturated heterocycles. The van der Waals surface area contributed by atoms with Gasteiger partial charge in [0.1, 0.15) is 17.1 Å². The second-order valence-corrected chi connectivity index (χ2v) is 7.06. The van der Waals surface area contributed by atoms with Gasteiger partial charge in [-0.25, -0.2) is 0 Å². The zero-order valence-electron chi connectivity index (χ0n) is 16.4. The van der Waals surface area contributed by atoms with Crippen LogP contribution in [-0.4, -0.2) is 29.3 Å². The Morgan fingerprint density at radius 2 is 1.61 bits per heavy atom. The van der Waals surface area contributed by atoms with Crippen molar-refractivity contribution in [3.8, 4) is 11.5 Å². The highest BCUT2D eigenvalue weighted by atomic mass is 16.6. The summed E-state index contributed by atoms with van der Waals surface area (Å²) in [4.78, 5) is 37.2. The van der Waals surface area contributed by atoms with Crippen LogP contribution in [-0.2, 0) is 4.79 Å². The van der Waals surface area contributed by atoms with Crippen molar-refractivity contribution in [2.45, 2.75) is 12.5 Å². The molecule has 1 unspecified atom stereocenters. The normalized spacial score (nSPS) is 15.5. The monoisotopic (exact) mass is 417 g/mol. The van der Waals surface area contributed by atoms with Gasteiger partial charge in [0.25, 0.3) is 11.6 Å². The van der Waals surface area contributed by atoms with Gasteiger partial charge in [0.05, 0.1) is 11.0 Å². The molecule has 0 aliphatic carbocycles. The minimum Gasteiger partial charge on any atom is -0.457 e. The van der Waals surface area contributed by atoms with Gasteiger partial charge in [-0.1, -0.05) is 30.3 Å². The zero-order valence-corrected chi connectivity index (χ0v) is 16.4. The van der Waals surface area contributed by atoms with Crippen molar-refractivity contribution in [1.82, 2.24) is 5.32 Å². The molecule has 0 aromatic heterocycles. The Bertz CT molecular complexity index is 1120. The molecule has 1 atom stereocenters. The third kappa shape index (κ3) is 4.53. The predicted molar refractivity (Wildman–Crippen MR) is 114 cm³/mol. The van der Waals surface area contributed by atoms with E-state index in [1.54, 1.807) is 35.2 Å². The van der Waals surface area contributed by atoms with Crippen LogP contribution in [0.5, 0.6) is 11.5 Å². The van der Waals surface area contributed by atoms with E-state index in [2.05, 4.69) is 5.32 Å². The Labute approximate surface area is 178 Å². The van der Waals surface area contributed by atoms with Crippen molar-refractivity contribution >= 4 is 23.2 Å². The molecule has 0 saturated carbocycles. The quantitative estimate of drug-likeness (QED) is 0.484. The summed E-state index contributed by atoms with van der Waals surface area (Å²) in [6.07, 6.45) is 0.120. The van der Waals surface area contributed by atoms with Crippen molar-refractivity contribution in [1.29, 1.82) is 0 Å². The molecule has 3 aromatic carbocycles. The molecule has 8 heteroatoms. The maximum absolute atomic E-state index is 12.5. The molecule has 4 rings (SSSR count). The van der Waals surface area contributed by atoms with E-state index in [0.717, 1.165) is 0 Å². The highest BCUT2D eigenvalue weighted by Crippen LogP contribution is 2.27. The summed E-state index contributed by atoms with van der Waals surface area (Å²) < 4.78 is 5.76. The van der Waals surface area contributed by atoms with Crippen LogP contribution in [0.3, 0.4) is 0 Å². The van der Waals surface area contributed by atoms with E-state index >= 15 is 0 Å². The van der Waals surface area contributed by atoms with Crippen LogP contribution < -0.4 is 15.0 Å². The highest BCUT2D eigenvalue weighted by molar-refractivity contribution is 6.00. The van der Waals surface area contributed by atoms with Gasteiger partial charge in [0, 0.05) is 24.7 Å². The fourth-order valence-corrected chi connectivity index (χ4v) is 3.46. The lowest BCUT2D eigenvalue weighted by molar-refractivity contribution is -0.385. The van der Waals surface area contributed by atoms with Crippen molar-refractivity contribution in [2.75, 3.05) is 11.4 Å². The Balaban J connectivity index is 1.41. The van der Waals surface area contributed by atoms with Crippen molar-refractivity contribution in [3.05, 3.63) is 94.5 Å². The summed E-state index contributed by atoms with van der Waals surface area (Å²) in [6, 6.07) is 21.8. The first-order valence-corrected chi connectivity index (χ1v) is 9.69. The molecule has 31 heavy (non-hydrogen) atoms. The second-order valence-electron chi connectivity index (χ2n) is 7.06. The number of ether oxygens (including phenoxy) is 1. The summed E-state index contributed by atoms with van der Waals surface area (Å²) in [6.45, 7) is 0.282. The number of carbonyl (C=O) groups is 2.